The van der Waals surface area contributed by atoms with Crippen LogP contribution >= 0.6 is 0 Å². The molecule has 9 heteroatoms. The van der Waals surface area contributed by atoms with Crippen LogP contribution in [0.15, 0.2) is 0 Å². The molecule has 2 fully saturated rings. The van der Waals surface area contributed by atoms with Gasteiger partial charge in [0.2, 0.25) is 0 Å². The molecule has 0 aromatic heterocycles. The zero-order valence-electron chi connectivity index (χ0n) is 17.8. The molecule has 2 aliphatic heterocycles. The van der Waals surface area contributed by atoms with E-state index in [9.17, 15) is 18.8 Å². The van der Waals surface area contributed by atoms with Gasteiger partial charge in [-0.2, -0.15) is 18.5 Å². The van der Waals surface area contributed by atoms with Gasteiger partial charge in [0.25, 0.3) is 0 Å². The van der Waals surface area contributed by atoms with Gasteiger partial charge in [0, 0.05) is 22.2 Å². The van der Waals surface area contributed by atoms with E-state index in [-0.39, 0.29) is 0 Å². The Morgan fingerprint density at radius 3 is 1.11 bits per heavy atom. The van der Waals surface area contributed by atoms with Crippen LogP contribution < -0.4 is 0 Å². The molecule has 2 saturated heterocycles. The molecule has 0 amide bonds. The molecule has 0 aromatic rings. The van der Waals surface area contributed by atoms with E-state index in [0.717, 1.165) is 0 Å². The molecule has 0 spiro atoms. The minimum absolute atomic E-state index is 0.363. The lowest BCUT2D eigenvalue weighted by Crippen LogP contribution is -2.61. The Morgan fingerprint density at radius 1 is 0.667 bits per heavy atom. The minimum Gasteiger partial charge on any atom is -0.313 e. The van der Waals surface area contributed by atoms with Crippen molar-refractivity contribution in [2.24, 2.45) is 0 Å². The van der Waals surface area contributed by atoms with Crippen molar-refractivity contribution in [3.05, 3.63) is 0 Å². The first-order valence-electron chi connectivity index (χ1n) is 9.48. The fourth-order valence-corrected chi connectivity index (χ4v) is 5.83. The molecule has 2 aliphatic rings. The molecule has 2 N–H and O–H groups in total. The number of hydrogen-bond acceptors (Lipinski definition) is 8. The summed E-state index contributed by atoms with van der Waals surface area (Å²) in [5.74, 6) is 0. The van der Waals surface area contributed by atoms with Crippen molar-refractivity contribution in [3.8, 4) is 0 Å². The molecule has 0 aliphatic carbocycles. The molecule has 0 unspecified atom stereocenters. The fraction of sp³-hybridized carbons (Fsp3) is 1.00. The SMILES string of the molecule is CC1(C)CC(OS(=O)(=O)OC2CC(C)(C)N(O)C(C)(C)C2)CC(C)(C)N1O. The van der Waals surface area contributed by atoms with Crippen molar-refractivity contribution in [2.45, 2.75) is 115 Å². The quantitative estimate of drug-likeness (QED) is 0.732. The van der Waals surface area contributed by atoms with E-state index in [0.29, 0.717) is 25.7 Å². The molecule has 2 rings (SSSR count). The average molecular weight is 409 g/mol. The highest BCUT2D eigenvalue weighted by molar-refractivity contribution is 7.81. The van der Waals surface area contributed by atoms with Crippen LogP contribution in [-0.2, 0) is 18.8 Å². The van der Waals surface area contributed by atoms with Crippen molar-refractivity contribution < 1.29 is 27.2 Å². The maximum atomic E-state index is 12.6. The summed E-state index contributed by atoms with van der Waals surface area (Å²) in [5.41, 5.74) is -2.47. The first-order valence-corrected chi connectivity index (χ1v) is 10.8. The Morgan fingerprint density at radius 2 is 0.889 bits per heavy atom. The van der Waals surface area contributed by atoms with Gasteiger partial charge in [0.05, 0.1) is 12.2 Å². The third-order valence-corrected chi connectivity index (χ3v) is 6.73. The Kier molecular flexibility index (Phi) is 5.87. The summed E-state index contributed by atoms with van der Waals surface area (Å²) in [6.45, 7) is 14.8. The molecular weight excluding hydrogens is 372 g/mol. The summed E-state index contributed by atoms with van der Waals surface area (Å²) in [6.07, 6.45) is 0.288. The van der Waals surface area contributed by atoms with Gasteiger partial charge in [-0.1, -0.05) is 0 Å². The lowest BCUT2D eigenvalue weighted by Gasteiger charge is -2.51. The van der Waals surface area contributed by atoms with Crippen LogP contribution in [0.4, 0.5) is 0 Å². The van der Waals surface area contributed by atoms with Crippen LogP contribution in [-0.4, -0.2) is 63.3 Å². The molecule has 0 saturated carbocycles. The first kappa shape index (κ1) is 23.0. The second-order valence-electron chi connectivity index (χ2n) is 10.5. The van der Waals surface area contributed by atoms with E-state index in [2.05, 4.69) is 0 Å². The molecule has 2 heterocycles. The van der Waals surface area contributed by atoms with E-state index < -0.39 is 44.8 Å². The molecule has 0 aromatic carbocycles. The summed E-state index contributed by atoms with van der Waals surface area (Å²) in [7, 11) is -4.22. The summed E-state index contributed by atoms with van der Waals surface area (Å²) < 4.78 is 36.0. The summed E-state index contributed by atoms with van der Waals surface area (Å²) in [5, 5.41) is 23.2. The Bertz CT molecular complexity index is 573. The van der Waals surface area contributed by atoms with Gasteiger partial charge in [-0.3, -0.25) is 0 Å². The van der Waals surface area contributed by atoms with Gasteiger partial charge >= 0.3 is 10.4 Å². The lowest BCUT2D eigenvalue weighted by atomic mass is 9.80. The van der Waals surface area contributed by atoms with Crippen LogP contribution in [0.5, 0.6) is 0 Å². The highest BCUT2D eigenvalue weighted by Crippen LogP contribution is 2.40. The second-order valence-corrected chi connectivity index (χ2v) is 11.7. The summed E-state index contributed by atoms with van der Waals surface area (Å²) >= 11 is 0. The van der Waals surface area contributed by atoms with Crippen LogP contribution in [0.2, 0.25) is 0 Å². The standard InChI is InChI=1S/C18H36N2O6S/c1-15(2)9-13(10-16(3,4)19(15)21)25-27(23,24)26-14-11-17(5,6)20(22)18(7,8)12-14/h13-14,21-22H,9-12H2,1-8H3. The van der Waals surface area contributed by atoms with Crippen LogP contribution in [0.1, 0.15) is 81.1 Å². The second kappa shape index (κ2) is 6.90. The number of nitrogens with zero attached hydrogens (tertiary/aromatic N) is 2. The van der Waals surface area contributed by atoms with Crippen molar-refractivity contribution in [1.29, 1.82) is 0 Å². The van der Waals surface area contributed by atoms with E-state index in [1.165, 1.54) is 10.1 Å². The van der Waals surface area contributed by atoms with Crippen molar-refractivity contribution in [3.63, 3.8) is 0 Å². The normalized spacial score (nSPS) is 29.7. The maximum absolute atomic E-state index is 12.6. The molecule has 160 valence electrons. The molecule has 0 radical (unpaired) electrons. The molecule has 0 atom stereocenters. The van der Waals surface area contributed by atoms with Crippen LogP contribution in [0.3, 0.4) is 0 Å². The van der Waals surface area contributed by atoms with Crippen molar-refractivity contribution in [1.82, 2.24) is 10.1 Å². The monoisotopic (exact) mass is 408 g/mol. The minimum atomic E-state index is -4.22. The predicted molar refractivity (Wildman–Crippen MR) is 101 cm³/mol. The summed E-state index contributed by atoms with van der Waals surface area (Å²) in [6, 6.07) is 0. The average Bonchev–Trinajstić information content (AvgIpc) is 2.39. The largest absolute Gasteiger partial charge is 0.400 e. The lowest BCUT2D eigenvalue weighted by molar-refractivity contribution is -0.258. The van der Waals surface area contributed by atoms with Crippen LogP contribution in [0, 0.1) is 0 Å². The highest BCUT2D eigenvalue weighted by atomic mass is 32.3. The maximum Gasteiger partial charge on any atom is 0.400 e. The fourth-order valence-electron chi connectivity index (χ4n) is 4.85. The van der Waals surface area contributed by atoms with Gasteiger partial charge in [-0.25, -0.2) is 8.37 Å². The first-order chi connectivity index (χ1) is 11.9. The number of piperidine rings is 2. The van der Waals surface area contributed by atoms with Crippen LogP contribution in [0.25, 0.3) is 0 Å². The van der Waals surface area contributed by atoms with E-state index in [4.69, 9.17) is 8.37 Å². The molecular formula is C18H36N2O6S. The van der Waals surface area contributed by atoms with Gasteiger partial charge in [-0.05, 0) is 81.1 Å². The molecule has 27 heavy (non-hydrogen) atoms. The van der Waals surface area contributed by atoms with E-state index in [1.54, 1.807) is 0 Å². The zero-order chi connectivity index (χ0) is 21.1. The smallest absolute Gasteiger partial charge is 0.313 e. The molecule has 8 nitrogen and oxygen atoms in total. The van der Waals surface area contributed by atoms with E-state index >= 15 is 0 Å². The Labute approximate surface area is 163 Å². The van der Waals surface area contributed by atoms with Crippen molar-refractivity contribution >= 4 is 10.4 Å². The molecule has 0 bridgehead atoms. The zero-order valence-corrected chi connectivity index (χ0v) is 18.6. The van der Waals surface area contributed by atoms with Gasteiger partial charge in [0.1, 0.15) is 0 Å². The van der Waals surface area contributed by atoms with Gasteiger partial charge < -0.3 is 10.4 Å². The summed E-state index contributed by atoms with van der Waals surface area (Å²) in [4.78, 5) is 0. The number of hydroxylamine groups is 4. The topological polar surface area (TPSA) is 99.5 Å². The highest BCUT2D eigenvalue weighted by Gasteiger charge is 2.49. The van der Waals surface area contributed by atoms with Gasteiger partial charge in [0.15, 0.2) is 0 Å². The Balaban J connectivity index is 2.09. The third-order valence-electron chi connectivity index (χ3n) is 5.71. The number of rotatable bonds is 4. The number of hydrogen-bond donors (Lipinski definition) is 2. The third kappa shape index (κ3) is 5.01. The Hall–Kier alpha value is -0.290. The van der Waals surface area contributed by atoms with E-state index in [1.807, 2.05) is 55.4 Å². The van der Waals surface area contributed by atoms with Gasteiger partial charge in [-0.15, -0.1) is 0 Å². The predicted octanol–water partition coefficient (Wildman–Crippen LogP) is 3.09. The van der Waals surface area contributed by atoms with Crippen molar-refractivity contribution in [2.75, 3.05) is 0 Å².